The Hall–Kier alpha value is -2.45. The molecule has 2 aromatic heterocycles. The highest BCUT2D eigenvalue weighted by molar-refractivity contribution is 7.98. The quantitative estimate of drug-likeness (QED) is 0.506. The molecule has 7 nitrogen and oxygen atoms in total. The molecule has 2 heterocycles. The van der Waals surface area contributed by atoms with E-state index in [1.165, 1.54) is 22.9 Å². The summed E-state index contributed by atoms with van der Waals surface area (Å²) in [4.78, 5) is 23.5. The van der Waals surface area contributed by atoms with Gasteiger partial charge in [0.05, 0.1) is 5.75 Å². The Labute approximate surface area is 154 Å². The van der Waals surface area contributed by atoms with Crippen LogP contribution in [0.5, 0.6) is 0 Å². The summed E-state index contributed by atoms with van der Waals surface area (Å²) >= 11 is 1.32. The maximum absolute atomic E-state index is 12.0. The summed E-state index contributed by atoms with van der Waals surface area (Å²) in [7, 11) is 0. The summed E-state index contributed by atoms with van der Waals surface area (Å²) in [5.41, 5.74) is 4.18. The zero-order valence-electron chi connectivity index (χ0n) is 14.9. The lowest BCUT2D eigenvalue weighted by molar-refractivity contribution is 0.298. The second-order valence-electron chi connectivity index (χ2n) is 6.01. The Bertz CT molecular complexity index is 981. The Kier molecular flexibility index (Phi) is 5.53. The van der Waals surface area contributed by atoms with E-state index in [1.54, 1.807) is 6.92 Å². The lowest BCUT2D eigenvalue weighted by Gasteiger charge is -2.04. The van der Waals surface area contributed by atoms with E-state index in [-0.39, 0.29) is 12.2 Å². The van der Waals surface area contributed by atoms with Crippen LogP contribution >= 0.6 is 11.8 Å². The van der Waals surface area contributed by atoms with Crippen LogP contribution in [-0.4, -0.2) is 31.8 Å². The number of nitrogens with zero attached hydrogens (tertiary/aromatic N) is 3. The van der Waals surface area contributed by atoms with E-state index in [0.29, 0.717) is 40.3 Å². The normalized spacial score (nSPS) is 11.1. The molecule has 2 N–H and O–H groups in total. The topological polar surface area (TPSA) is 105 Å². The van der Waals surface area contributed by atoms with Crippen LogP contribution in [0.3, 0.4) is 0 Å². The standard InChI is InChI=1S/C18H20N4O3S/c1-10-4-5-13(8-11(10)2)16-20-15(25-22-16)9-26-18-19-12(3)14(6-7-23)17(24)21-18/h4-5,8,23H,6-7,9H2,1-3H3,(H,19,21,24). The van der Waals surface area contributed by atoms with E-state index >= 15 is 0 Å². The first-order valence-electron chi connectivity index (χ1n) is 8.21. The number of aryl methyl sites for hydroxylation is 3. The minimum absolute atomic E-state index is 0.0820. The van der Waals surface area contributed by atoms with E-state index in [0.717, 1.165) is 5.56 Å². The first-order chi connectivity index (χ1) is 12.5. The number of hydrogen-bond acceptors (Lipinski definition) is 7. The Morgan fingerprint density at radius 1 is 1.19 bits per heavy atom. The number of aliphatic hydroxyl groups is 1. The third-order valence-electron chi connectivity index (χ3n) is 4.13. The summed E-state index contributed by atoms with van der Waals surface area (Å²) < 4.78 is 5.30. The molecule has 0 saturated carbocycles. The van der Waals surface area contributed by atoms with E-state index in [2.05, 4.69) is 27.0 Å². The lowest BCUT2D eigenvalue weighted by Crippen LogP contribution is -2.18. The number of nitrogens with one attached hydrogen (secondary N) is 1. The van der Waals surface area contributed by atoms with Crippen molar-refractivity contribution in [2.75, 3.05) is 6.61 Å². The monoisotopic (exact) mass is 372 g/mol. The fourth-order valence-electron chi connectivity index (χ4n) is 2.50. The summed E-state index contributed by atoms with van der Waals surface area (Å²) in [5, 5.41) is 13.5. The number of aliphatic hydroxyl groups excluding tert-OH is 1. The smallest absolute Gasteiger partial charge is 0.255 e. The van der Waals surface area contributed by atoms with Gasteiger partial charge >= 0.3 is 0 Å². The maximum atomic E-state index is 12.0. The van der Waals surface area contributed by atoms with Gasteiger partial charge in [0.25, 0.3) is 5.56 Å². The molecule has 0 atom stereocenters. The second-order valence-corrected chi connectivity index (χ2v) is 6.97. The summed E-state index contributed by atoms with van der Waals surface area (Å²) in [6, 6.07) is 6.02. The highest BCUT2D eigenvalue weighted by Crippen LogP contribution is 2.22. The fraction of sp³-hybridized carbons (Fsp3) is 0.333. The average Bonchev–Trinajstić information content (AvgIpc) is 3.08. The van der Waals surface area contributed by atoms with Crippen molar-refractivity contribution in [3.05, 3.63) is 56.8 Å². The molecule has 0 bridgehead atoms. The lowest BCUT2D eigenvalue weighted by atomic mass is 10.1. The van der Waals surface area contributed by atoms with Crippen molar-refractivity contribution in [3.8, 4) is 11.4 Å². The molecule has 3 aromatic rings. The van der Waals surface area contributed by atoms with Crippen molar-refractivity contribution in [2.24, 2.45) is 0 Å². The van der Waals surface area contributed by atoms with Crippen LogP contribution in [-0.2, 0) is 12.2 Å². The molecule has 3 rings (SSSR count). The minimum Gasteiger partial charge on any atom is -0.396 e. The van der Waals surface area contributed by atoms with Gasteiger partial charge in [0.1, 0.15) is 0 Å². The van der Waals surface area contributed by atoms with Gasteiger partial charge in [-0.05, 0) is 38.0 Å². The fourth-order valence-corrected chi connectivity index (χ4v) is 3.24. The summed E-state index contributed by atoms with van der Waals surface area (Å²) in [6.07, 6.45) is 0.294. The van der Waals surface area contributed by atoms with Crippen LogP contribution in [0.4, 0.5) is 0 Å². The predicted molar refractivity (Wildman–Crippen MR) is 99.2 cm³/mol. The molecule has 0 saturated heterocycles. The summed E-state index contributed by atoms with van der Waals surface area (Å²) in [5.74, 6) is 1.40. The van der Waals surface area contributed by atoms with Crippen molar-refractivity contribution in [1.82, 2.24) is 20.1 Å². The number of H-pyrrole nitrogens is 1. The zero-order valence-corrected chi connectivity index (χ0v) is 15.7. The first-order valence-corrected chi connectivity index (χ1v) is 9.20. The van der Waals surface area contributed by atoms with Crippen LogP contribution in [0.2, 0.25) is 0 Å². The number of aromatic nitrogens is 4. The van der Waals surface area contributed by atoms with Crippen molar-refractivity contribution >= 4 is 11.8 Å². The van der Waals surface area contributed by atoms with Crippen molar-refractivity contribution in [2.45, 2.75) is 38.1 Å². The van der Waals surface area contributed by atoms with Crippen molar-refractivity contribution in [1.29, 1.82) is 0 Å². The molecular weight excluding hydrogens is 352 g/mol. The van der Waals surface area contributed by atoms with Gasteiger partial charge in [-0.3, -0.25) is 4.79 Å². The Morgan fingerprint density at radius 2 is 2.00 bits per heavy atom. The van der Waals surface area contributed by atoms with Gasteiger partial charge in [0.15, 0.2) is 5.16 Å². The highest BCUT2D eigenvalue weighted by Gasteiger charge is 2.12. The second kappa shape index (κ2) is 7.84. The van der Waals surface area contributed by atoms with Crippen molar-refractivity contribution < 1.29 is 9.63 Å². The number of aromatic amines is 1. The van der Waals surface area contributed by atoms with Crippen LogP contribution in [0, 0.1) is 20.8 Å². The van der Waals surface area contributed by atoms with Gasteiger partial charge in [-0.25, -0.2) is 4.98 Å². The van der Waals surface area contributed by atoms with Gasteiger partial charge in [-0.1, -0.05) is 29.1 Å². The Balaban J connectivity index is 1.72. The minimum atomic E-state index is -0.226. The van der Waals surface area contributed by atoms with Crippen LogP contribution in [0.25, 0.3) is 11.4 Å². The summed E-state index contributed by atoms with van der Waals surface area (Å²) in [6.45, 7) is 5.77. The number of benzene rings is 1. The molecule has 0 aliphatic rings. The molecule has 0 aliphatic heterocycles. The maximum Gasteiger partial charge on any atom is 0.255 e. The molecule has 0 amide bonds. The van der Waals surface area contributed by atoms with E-state index in [1.807, 2.05) is 25.1 Å². The van der Waals surface area contributed by atoms with Crippen LogP contribution < -0.4 is 5.56 Å². The third-order valence-corrected chi connectivity index (χ3v) is 4.99. The average molecular weight is 372 g/mol. The van der Waals surface area contributed by atoms with Gasteiger partial charge in [-0.15, -0.1) is 0 Å². The molecule has 0 fully saturated rings. The van der Waals surface area contributed by atoms with Gasteiger partial charge < -0.3 is 14.6 Å². The molecule has 0 spiro atoms. The highest BCUT2D eigenvalue weighted by atomic mass is 32.2. The van der Waals surface area contributed by atoms with Crippen LogP contribution in [0.15, 0.2) is 32.7 Å². The SMILES string of the molecule is Cc1ccc(-c2noc(CSc3nc(C)c(CCO)c(=O)[nH]3)n2)cc1C. The first kappa shape index (κ1) is 18.3. The molecule has 136 valence electrons. The predicted octanol–water partition coefficient (Wildman–Crippen LogP) is 2.57. The Morgan fingerprint density at radius 3 is 2.69 bits per heavy atom. The van der Waals surface area contributed by atoms with Gasteiger partial charge in [0.2, 0.25) is 11.7 Å². The zero-order chi connectivity index (χ0) is 18.7. The molecule has 1 aromatic carbocycles. The largest absolute Gasteiger partial charge is 0.396 e. The molecule has 8 heteroatoms. The number of rotatable bonds is 6. The van der Waals surface area contributed by atoms with E-state index in [4.69, 9.17) is 9.63 Å². The molecule has 26 heavy (non-hydrogen) atoms. The van der Waals surface area contributed by atoms with Gasteiger partial charge in [-0.2, -0.15) is 4.98 Å². The molecule has 0 aliphatic carbocycles. The number of hydrogen-bond donors (Lipinski definition) is 2. The van der Waals surface area contributed by atoms with Crippen molar-refractivity contribution in [3.63, 3.8) is 0 Å². The number of thioether (sulfide) groups is 1. The third kappa shape index (κ3) is 4.03. The molecule has 0 radical (unpaired) electrons. The van der Waals surface area contributed by atoms with E-state index < -0.39 is 0 Å². The molecule has 0 unspecified atom stereocenters. The molecular formula is C18H20N4O3S. The van der Waals surface area contributed by atoms with E-state index in [9.17, 15) is 4.79 Å². The van der Waals surface area contributed by atoms with Crippen LogP contribution in [0.1, 0.15) is 28.3 Å². The van der Waals surface area contributed by atoms with Gasteiger partial charge in [0, 0.05) is 29.8 Å².